The minimum Gasteiger partial charge on any atom is -0.384 e. The average Bonchev–Trinajstić information content (AvgIpc) is 2.44. The van der Waals surface area contributed by atoms with E-state index in [9.17, 15) is 18.0 Å². The Labute approximate surface area is 126 Å². The van der Waals surface area contributed by atoms with Gasteiger partial charge in [0.05, 0.1) is 0 Å². The average molecular weight is 320 g/mol. The Kier molecular flexibility index (Phi) is 6.41. The van der Waals surface area contributed by atoms with Gasteiger partial charge in [0, 0.05) is 38.9 Å². The molecule has 2 amide bonds. The molecule has 0 aromatic carbocycles. The molecule has 1 atom stereocenters. The van der Waals surface area contributed by atoms with Crippen LogP contribution in [0.2, 0.25) is 0 Å². The molecule has 0 fully saturated rings. The molecule has 0 aliphatic carbocycles. The fourth-order valence-corrected chi connectivity index (χ4v) is 1.70. The van der Waals surface area contributed by atoms with Crippen molar-refractivity contribution in [3.63, 3.8) is 0 Å². The lowest BCUT2D eigenvalue weighted by Crippen LogP contribution is -2.39. The number of anilines is 1. The SMILES string of the molecule is CN(C)c1ncccc1CNC(=O)NCC[C@@H](O)C(F)(F)F. The molecule has 9 heteroatoms. The highest BCUT2D eigenvalue weighted by atomic mass is 19.4. The zero-order valence-electron chi connectivity index (χ0n) is 12.3. The standard InChI is InChI=1S/C13H19F3N4O2/c1-20(2)11-9(4-3-6-17-11)8-19-12(22)18-7-5-10(21)13(14,15)16/h3-4,6,10,21H,5,7-8H2,1-2H3,(H2,18,19,22)/t10-/m1/s1. The minimum absolute atomic E-state index is 0.189. The molecule has 1 aromatic rings. The first-order valence-electron chi connectivity index (χ1n) is 6.59. The molecule has 0 aliphatic heterocycles. The largest absolute Gasteiger partial charge is 0.414 e. The van der Waals surface area contributed by atoms with Crippen LogP contribution in [0, 0.1) is 0 Å². The van der Waals surface area contributed by atoms with Gasteiger partial charge in [0.15, 0.2) is 6.10 Å². The van der Waals surface area contributed by atoms with Crippen molar-refractivity contribution >= 4 is 11.8 Å². The van der Waals surface area contributed by atoms with E-state index in [1.807, 2.05) is 14.1 Å². The Morgan fingerprint density at radius 2 is 2.09 bits per heavy atom. The second-order valence-electron chi connectivity index (χ2n) is 4.84. The summed E-state index contributed by atoms with van der Waals surface area (Å²) in [7, 11) is 3.62. The highest BCUT2D eigenvalue weighted by Crippen LogP contribution is 2.21. The van der Waals surface area contributed by atoms with Crippen LogP contribution in [-0.4, -0.2) is 49.0 Å². The fourth-order valence-electron chi connectivity index (χ4n) is 1.70. The molecule has 0 saturated carbocycles. The van der Waals surface area contributed by atoms with E-state index in [4.69, 9.17) is 5.11 Å². The van der Waals surface area contributed by atoms with E-state index in [0.29, 0.717) is 5.82 Å². The summed E-state index contributed by atoms with van der Waals surface area (Å²) in [6, 6.07) is 2.90. The zero-order valence-corrected chi connectivity index (χ0v) is 12.3. The first-order chi connectivity index (χ1) is 10.2. The third-order valence-electron chi connectivity index (χ3n) is 2.81. The maximum absolute atomic E-state index is 12.1. The van der Waals surface area contributed by atoms with Crippen molar-refractivity contribution in [2.45, 2.75) is 25.2 Å². The van der Waals surface area contributed by atoms with Crippen LogP contribution >= 0.6 is 0 Å². The minimum atomic E-state index is -4.67. The Hall–Kier alpha value is -2.03. The topological polar surface area (TPSA) is 77.5 Å². The molecular formula is C13H19F3N4O2. The van der Waals surface area contributed by atoms with Crippen LogP contribution in [0.4, 0.5) is 23.8 Å². The number of rotatable bonds is 6. The Balaban J connectivity index is 2.38. The van der Waals surface area contributed by atoms with Crippen molar-refractivity contribution in [2.75, 3.05) is 25.5 Å². The van der Waals surface area contributed by atoms with E-state index in [1.165, 1.54) is 0 Å². The van der Waals surface area contributed by atoms with Crippen LogP contribution in [0.15, 0.2) is 18.3 Å². The monoisotopic (exact) mass is 320 g/mol. The molecule has 0 radical (unpaired) electrons. The third-order valence-corrected chi connectivity index (χ3v) is 2.81. The number of hydrogen-bond acceptors (Lipinski definition) is 4. The number of pyridine rings is 1. The van der Waals surface area contributed by atoms with Gasteiger partial charge in [-0.05, 0) is 12.5 Å². The van der Waals surface area contributed by atoms with Crippen molar-refractivity contribution in [2.24, 2.45) is 0 Å². The van der Waals surface area contributed by atoms with E-state index in [-0.39, 0.29) is 13.1 Å². The summed E-state index contributed by atoms with van der Waals surface area (Å²) in [5, 5.41) is 13.6. The lowest BCUT2D eigenvalue weighted by Gasteiger charge is -2.17. The number of aliphatic hydroxyl groups is 1. The number of carbonyl (C=O) groups is 1. The molecule has 124 valence electrons. The molecule has 0 aliphatic rings. The van der Waals surface area contributed by atoms with Gasteiger partial charge in [0.25, 0.3) is 0 Å². The zero-order chi connectivity index (χ0) is 16.8. The number of aliphatic hydroxyl groups excluding tert-OH is 1. The highest BCUT2D eigenvalue weighted by Gasteiger charge is 2.37. The first-order valence-corrected chi connectivity index (χ1v) is 6.59. The van der Waals surface area contributed by atoms with Crippen molar-refractivity contribution < 1.29 is 23.1 Å². The van der Waals surface area contributed by atoms with Crippen LogP contribution in [-0.2, 0) is 6.54 Å². The van der Waals surface area contributed by atoms with Gasteiger partial charge < -0.3 is 20.6 Å². The summed E-state index contributed by atoms with van der Waals surface area (Å²) in [4.78, 5) is 17.5. The molecular weight excluding hydrogens is 301 g/mol. The van der Waals surface area contributed by atoms with Gasteiger partial charge in [-0.3, -0.25) is 0 Å². The molecule has 1 rings (SSSR count). The van der Waals surface area contributed by atoms with Gasteiger partial charge in [-0.25, -0.2) is 9.78 Å². The number of hydrogen-bond donors (Lipinski definition) is 3. The summed E-state index contributed by atoms with van der Waals surface area (Å²) in [5.41, 5.74) is 0.776. The smallest absolute Gasteiger partial charge is 0.384 e. The quantitative estimate of drug-likeness (QED) is 0.737. The molecule has 0 spiro atoms. The van der Waals surface area contributed by atoms with Crippen LogP contribution in [0.1, 0.15) is 12.0 Å². The number of urea groups is 1. The van der Waals surface area contributed by atoms with Crippen molar-refractivity contribution in [3.8, 4) is 0 Å². The molecule has 0 bridgehead atoms. The molecule has 0 saturated heterocycles. The van der Waals surface area contributed by atoms with E-state index in [1.54, 1.807) is 23.2 Å². The van der Waals surface area contributed by atoms with E-state index < -0.39 is 24.7 Å². The number of nitrogens with one attached hydrogen (secondary N) is 2. The number of aromatic nitrogens is 1. The first kappa shape index (κ1) is 18.0. The number of nitrogens with zero attached hydrogens (tertiary/aromatic N) is 2. The van der Waals surface area contributed by atoms with Gasteiger partial charge in [-0.2, -0.15) is 13.2 Å². The Morgan fingerprint density at radius 1 is 1.41 bits per heavy atom. The van der Waals surface area contributed by atoms with Crippen molar-refractivity contribution in [1.82, 2.24) is 15.6 Å². The van der Waals surface area contributed by atoms with Crippen molar-refractivity contribution in [1.29, 1.82) is 0 Å². The molecule has 22 heavy (non-hydrogen) atoms. The summed E-state index contributed by atoms with van der Waals surface area (Å²) >= 11 is 0. The van der Waals surface area contributed by atoms with Crippen LogP contribution in [0.25, 0.3) is 0 Å². The summed E-state index contributed by atoms with van der Waals surface area (Å²) in [5.74, 6) is 0.690. The van der Waals surface area contributed by atoms with Gasteiger partial charge in [-0.15, -0.1) is 0 Å². The van der Waals surface area contributed by atoms with Crippen LogP contribution in [0.5, 0.6) is 0 Å². The number of carbonyl (C=O) groups excluding carboxylic acids is 1. The van der Waals surface area contributed by atoms with E-state index in [2.05, 4.69) is 15.6 Å². The van der Waals surface area contributed by atoms with Crippen molar-refractivity contribution in [3.05, 3.63) is 23.9 Å². The normalized spacial score (nSPS) is 12.6. The summed E-state index contributed by atoms with van der Waals surface area (Å²) in [6.45, 7) is -0.0882. The number of amides is 2. The lowest BCUT2D eigenvalue weighted by atomic mass is 10.2. The molecule has 1 heterocycles. The third kappa shape index (κ3) is 5.76. The Bertz CT molecular complexity index is 494. The van der Waals surface area contributed by atoms with Crippen LogP contribution < -0.4 is 15.5 Å². The second-order valence-corrected chi connectivity index (χ2v) is 4.84. The second kappa shape index (κ2) is 7.83. The molecule has 6 nitrogen and oxygen atoms in total. The highest BCUT2D eigenvalue weighted by molar-refractivity contribution is 5.74. The predicted molar refractivity (Wildman–Crippen MR) is 75.5 cm³/mol. The van der Waals surface area contributed by atoms with E-state index in [0.717, 1.165) is 5.56 Å². The summed E-state index contributed by atoms with van der Waals surface area (Å²) < 4.78 is 36.2. The van der Waals surface area contributed by atoms with Gasteiger partial charge in [-0.1, -0.05) is 6.07 Å². The molecule has 0 unspecified atom stereocenters. The Morgan fingerprint density at radius 3 is 2.68 bits per heavy atom. The number of halogens is 3. The van der Waals surface area contributed by atoms with E-state index >= 15 is 0 Å². The van der Waals surface area contributed by atoms with Gasteiger partial charge in [0.1, 0.15) is 5.82 Å². The van der Waals surface area contributed by atoms with Gasteiger partial charge in [0.2, 0.25) is 0 Å². The molecule has 3 N–H and O–H groups in total. The molecule has 1 aromatic heterocycles. The lowest BCUT2D eigenvalue weighted by molar-refractivity contribution is -0.204. The maximum Gasteiger partial charge on any atom is 0.414 e. The fraction of sp³-hybridized carbons (Fsp3) is 0.538. The number of alkyl halides is 3. The van der Waals surface area contributed by atoms with Crippen LogP contribution in [0.3, 0.4) is 0 Å². The van der Waals surface area contributed by atoms with Gasteiger partial charge >= 0.3 is 12.2 Å². The maximum atomic E-state index is 12.1. The predicted octanol–water partition coefficient (Wildman–Crippen LogP) is 1.26. The summed E-state index contributed by atoms with van der Waals surface area (Å²) in [6.07, 6.45) is -6.08.